The Morgan fingerprint density at radius 3 is 2.43 bits per heavy atom. The second kappa shape index (κ2) is 12.5. The zero-order valence-corrected chi connectivity index (χ0v) is 18.9. The molecule has 1 N–H and O–H groups in total. The number of para-hydroxylation sites is 1. The number of carbonyl (C=O) groups is 2. The van der Waals surface area contributed by atoms with Crippen molar-refractivity contribution in [2.45, 2.75) is 45.7 Å². The molecular formula is C23H28Cl2N2O3. The van der Waals surface area contributed by atoms with Crippen molar-refractivity contribution in [3.63, 3.8) is 0 Å². The average molecular weight is 451 g/mol. The van der Waals surface area contributed by atoms with Gasteiger partial charge in [0.05, 0.1) is 16.7 Å². The number of hydrogen-bond acceptors (Lipinski definition) is 3. The minimum atomic E-state index is -0.554. The van der Waals surface area contributed by atoms with Crippen molar-refractivity contribution in [1.82, 2.24) is 10.2 Å². The van der Waals surface area contributed by atoms with Crippen LogP contribution in [0.25, 0.3) is 0 Å². The van der Waals surface area contributed by atoms with E-state index in [-0.39, 0.29) is 24.8 Å². The van der Waals surface area contributed by atoms with Crippen LogP contribution in [0, 0.1) is 0 Å². The van der Waals surface area contributed by atoms with Gasteiger partial charge in [0.15, 0.2) is 0 Å². The summed E-state index contributed by atoms with van der Waals surface area (Å²) in [5.74, 6) is 0.510. The number of likely N-dealkylation sites (N-methyl/N-ethyl adjacent to an activating group) is 1. The molecule has 0 bridgehead atoms. The Bertz CT molecular complexity index is 830. The minimum absolute atomic E-state index is 0.101. The van der Waals surface area contributed by atoms with Gasteiger partial charge < -0.3 is 15.0 Å². The lowest BCUT2D eigenvalue weighted by atomic mass is 10.1. The van der Waals surface area contributed by atoms with Crippen LogP contribution in [0.5, 0.6) is 5.75 Å². The highest BCUT2D eigenvalue weighted by Crippen LogP contribution is 2.24. The number of benzene rings is 2. The van der Waals surface area contributed by atoms with E-state index in [2.05, 4.69) is 5.32 Å². The Kier molecular flexibility index (Phi) is 9.98. The van der Waals surface area contributed by atoms with Crippen LogP contribution in [0.2, 0.25) is 10.0 Å². The lowest BCUT2D eigenvalue weighted by Gasteiger charge is -2.30. The SMILES string of the molecule is CCNC(=O)[C@H](CC)N(Cc1ccc(Cl)c(Cl)c1)C(=O)CCCOc1ccccc1. The van der Waals surface area contributed by atoms with Crippen molar-refractivity contribution in [2.75, 3.05) is 13.2 Å². The molecular weight excluding hydrogens is 423 g/mol. The van der Waals surface area contributed by atoms with E-state index in [1.807, 2.05) is 50.2 Å². The number of rotatable bonds is 11. The summed E-state index contributed by atoms with van der Waals surface area (Å²) in [7, 11) is 0. The van der Waals surface area contributed by atoms with Crippen LogP contribution < -0.4 is 10.1 Å². The number of nitrogens with zero attached hydrogens (tertiary/aromatic N) is 1. The third-order valence-electron chi connectivity index (χ3n) is 4.62. The molecule has 7 heteroatoms. The van der Waals surface area contributed by atoms with Crippen molar-refractivity contribution in [1.29, 1.82) is 0 Å². The second-order valence-corrected chi connectivity index (χ2v) is 7.67. The summed E-state index contributed by atoms with van der Waals surface area (Å²) in [6, 6.07) is 14.2. The first-order valence-corrected chi connectivity index (χ1v) is 10.9. The number of halogens is 2. The summed E-state index contributed by atoms with van der Waals surface area (Å²) >= 11 is 12.1. The molecule has 0 heterocycles. The molecule has 0 saturated heterocycles. The summed E-state index contributed by atoms with van der Waals surface area (Å²) in [6.07, 6.45) is 1.35. The molecule has 0 saturated carbocycles. The van der Waals surface area contributed by atoms with Gasteiger partial charge in [-0.15, -0.1) is 0 Å². The van der Waals surface area contributed by atoms with Gasteiger partial charge in [-0.2, -0.15) is 0 Å². The highest BCUT2D eigenvalue weighted by atomic mass is 35.5. The molecule has 162 valence electrons. The van der Waals surface area contributed by atoms with Gasteiger partial charge in [-0.05, 0) is 49.6 Å². The minimum Gasteiger partial charge on any atom is -0.494 e. The summed E-state index contributed by atoms with van der Waals surface area (Å²) < 4.78 is 5.67. The Balaban J connectivity index is 2.07. The molecule has 0 spiro atoms. The monoisotopic (exact) mass is 450 g/mol. The first-order valence-electron chi connectivity index (χ1n) is 10.1. The van der Waals surface area contributed by atoms with Crippen molar-refractivity contribution in [3.05, 3.63) is 64.1 Å². The van der Waals surface area contributed by atoms with Crippen molar-refractivity contribution < 1.29 is 14.3 Å². The number of hydrogen-bond donors (Lipinski definition) is 1. The molecule has 0 radical (unpaired) electrons. The lowest BCUT2D eigenvalue weighted by molar-refractivity contribution is -0.141. The Labute approximate surface area is 188 Å². The molecule has 2 rings (SSSR count). The predicted octanol–water partition coefficient (Wildman–Crippen LogP) is 5.10. The fourth-order valence-corrected chi connectivity index (χ4v) is 3.44. The number of nitrogens with one attached hydrogen (secondary N) is 1. The molecule has 5 nitrogen and oxygen atoms in total. The van der Waals surface area contributed by atoms with Crippen LogP contribution >= 0.6 is 23.2 Å². The number of amides is 2. The van der Waals surface area contributed by atoms with Crippen LogP contribution in [0.3, 0.4) is 0 Å². The average Bonchev–Trinajstić information content (AvgIpc) is 2.74. The summed E-state index contributed by atoms with van der Waals surface area (Å²) in [5, 5.41) is 3.69. The van der Waals surface area contributed by atoms with E-state index in [0.29, 0.717) is 36.0 Å². The molecule has 0 unspecified atom stereocenters. The summed E-state index contributed by atoms with van der Waals surface area (Å²) in [5.41, 5.74) is 0.820. The molecule has 2 amide bonds. The fourth-order valence-electron chi connectivity index (χ4n) is 3.12. The summed E-state index contributed by atoms with van der Waals surface area (Å²) in [4.78, 5) is 27.2. The Morgan fingerprint density at radius 1 is 1.07 bits per heavy atom. The molecule has 2 aromatic rings. The maximum absolute atomic E-state index is 13.1. The largest absolute Gasteiger partial charge is 0.494 e. The molecule has 0 aliphatic rings. The van der Waals surface area contributed by atoms with Crippen LogP contribution in [-0.4, -0.2) is 35.9 Å². The van der Waals surface area contributed by atoms with Gasteiger partial charge in [-0.1, -0.05) is 54.4 Å². The highest BCUT2D eigenvalue weighted by Gasteiger charge is 2.28. The summed E-state index contributed by atoms with van der Waals surface area (Å²) in [6.45, 7) is 4.97. The van der Waals surface area contributed by atoms with Gasteiger partial charge in [0.2, 0.25) is 11.8 Å². The number of carbonyl (C=O) groups excluding carboxylic acids is 2. The van der Waals surface area contributed by atoms with Gasteiger partial charge >= 0.3 is 0 Å². The van der Waals surface area contributed by atoms with Gasteiger partial charge in [-0.3, -0.25) is 9.59 Å². The third kappa shape index (κ3) is 7.22. The Hall–Kier alpha value is -2.24. The van der Waals surface area contributed by atoms with E-state index >= 15 is 0 Å². The van der Waals surface area contributed by atoms with E-state index in [1.54, 1.807) is 17.0 Å². The maximum Gasteiger partial charge on any atom is 0.242 e. The van der Waals surface area contributed by atoms with E-state index in [4.69, 9.17) is 27.9 Å². The molecule has 0 fully saturated rings. The third-order valence-corrected chi connectivity index (χ3v) is 5.36. The smallest absolute Gasteiger partial charge is 0.242 e. The van der Waals surface area contributed by atoms with Crippen LogP contribution in [0.1, 0.15) is 38.7 Å². The molecule has 1 atom stereocenters. The molecule has 0 aliphatic heterocycles. The maximum atomic E-state index is 13.1. The van der Waals surface area contributed by atoms with Crippen molar-refractivity contribution >= 4 is 35.0 Å². The first-order chi connectivity index (χ1) is 14.5. The van der Waals surface area contributed by atoms with Crippen molar-refractivity contribution in [3.8, 4) is 5.75 Å². The molecule has 30 heavy (non-hydrogen) atoms. The van der Waals surface area contributed by atoms with E-state index in [1.165, 1.54) is 0 Å². The van der Waals surface area contributed by atoms with Crippen LogP contribution in [0.4, 0.5) is 0 Å². The highest BCUT2D eigenvalue weighted by molar-refractivity contribution is 6.42. The second-order valence-electron chi connectivity index (χ2n) is 6.85. The van der Waals surface area contributed by atoms with Crippen LogP contribution in [0.15, 0.2) is 48.5 Å². The molecule has 0 aliphatic carbocycles. The van der Waals surface area contributed by atoms with Gasteiger partial charge in [-0.25, -0.2) is 0 Å². The normalized spacial score (nSPS) is 11.6. The Morgan fingerprint density at radius 2 is 1.80 bits per heavy atom. The number of ether oxygens (including phenoxy) is 1. The zero-order chi connectivity index (χ0) is 21.9. The quantitative estimate of drug-likeness (QED) is 0.484. The zero-order valence-electron chi connectivity index (χ0n) is 17.4. The van der Waals surface area contributed by atoms with Crippen LogP contribution in [-0.2, 0) is 16.1 Å². The lowest BCUT2D eigenvalue weighted by Crippen LogP contribution is -2.49. The van der Waals surface area contributed by atoms with Gasteiger partial charge in [0.1, 0.15) is 11.8 Å². The van der Waals surface area contributed by atoms with E-state index in [0.717, 1.165) is 11.3 Å². The standard InChI is InChI=1S/C23H28Cl2N2O3/c1-3-21(23(29)26-4-2)27(16-17-12-13-19(24)20(25)15-17)22(28)11-8-14-30-18-9-6-5-7-10-18/h5-7,9-10,12-13,15,21H,3-4,8,11,14,16H2,1-2H3,(H,26,29)/t21-/m0/s1. The first kappa shape index (κ1) is 24.0. The topological polar surface area (TPSA) is 58.6 Å². The van der Waals surface area contributed by atoms with Gasteiger partial charge in [0, 0.05) is 19.5 Å². The van der Waals surface area contributed by atoms with Crippen molar-refractivity contribution in [2.24, 2.45) is 0 Å². The molecule has 0 aromatic heterocycles. The van der Waals surface area contributed by atoms with E-state index in [9.17, 15) is 9.59 Å². The molecule has 2 aromatic carbocycles. The van der Waals surface area contributed by atoms with E-state index < -0.39 is 6.04 Å². The predicted molar refractivity (Wildman–Crippen MR) is 121 cm³/mol. The fraction of sp³-hybridized carbons (Fsp3) is 0.391. The van der Waals surface area contributed by atoms with Gasteiger partial charge in [0.25, 0.3) is 0 Å².